The molecule has 20 heavy (non-hydrogen) atoms. The Bertz CT molecular complexity index is 424. The summed E-state index contributed by atoms with van der Waals surface area (Å²) in [4.78, 5) is 11.6. The van der Waals surface area contributed by atoms with Crippen molar-refractivity contribution in [3.8, 4) is 0 Å². The lowest BCUT2D eigenvalue weighted by Crippen LogP contribution is -2.44. The lowest BCUT2D eigenvalue weighted by Gasteiger charge is -2.23. The third-order valence-corrected chi connectivity index (χ3v) is 3.45. The van der Waals surface area contributed by atoms with E-state index < -0.39 is 5.60 Å². The Kier molecular flexibility index (Phi) is 6.81. The molecule has 0 saturated heterocycles. The molecule has 1 atom stereocenters. The molecule has 2 amide bonds. The van der Waals surface area contributed by atoms with Crippen molar-refractivity contribution in [3.05, 3.63) is 35.6 Å². The molecule has 0 saturated carbocycles. The predicted molar refractivity (Wildman–Crippen MR) is 80.3 cm³/mol. The smallest absolute Gasteiger partial charge is 0.315 e. The molecule has 6 heteroatoms. The van der Waals surface area contributed by atoms with Crippen LogP contribution < -0.4 is 10.6 Å². The van der Waals surface area contributed by atoms with Crippen LogP contribution in [0.25, 0.3) is 0 Å². The molecular formula is C14H21FN2O2S. The van der Waals surface area contributed by atoms with Gasteiger partial charge in [-0.3, -0.25) is 0 Å². The van der Waals surface area contributed by atoms with Gasteiger partial charge in [0, 0.05) is 13.1 Å². The molecule has 1 rings (SSSR count). The summed E-state index contributed by atoms with van der Waals surface area (Å²) in [6, 6.07) is 5.58. The third-order valence-electron chi connectivity index (χ3n) is 2.84. The van der Waals surface area contributed by atoms with Gasteiger partial charge in [0.25, 0.3) is 0 Å². The summed E-state index contributed by atoms with van der Waals surface area (Å²) < 4.78 is 12.7. The van der Waals surface area contributed by atoms with E-state index in [1.807, 2.05) is 6.26 Å². The fraction of sp³-hybridized carbons (Fsp3) is 0.500. The summed E-state index contributed by atoms with van der Waals surface area (Å²) in [5.41, 5.74) is -0.0911. The maximum absolute atomic E-state index is 12.7. The summed E-state index contributed by atoms with van der Waals surface area (Å²) >= 11 is 1.65. The zero-order valence-electron chi connectivity index (χ0n) is 11.8. The van der Waals surface area contributed by atoms with Gasteiger partial charge in [0.1, 0.15) is 5.82 Å². The molecule has 4 nitrogen and oxygen atoms in total. The Morgan fingerprint density at radius 2 is 2.00 bits per heavy atom. The Labute approximate surface area is 123 Å². The Balaban J connectivity index is 2.28. The van der Waals surface area contributed by atoms with E-state index in [-0.39, 0.29) is 18.4 Å². The van der Waals surface area contributed by atoms with Crippen molar-refractivity contribution in [1.29, 1.82) is 0 Å². The minimum atomic E-state index is -0.907. The molecule has 0 bridgehead atoms. The van der Waals surface area contributed by atoms with Gasteiger partial charge in [0.2, 0.25) is 0 Å². The predicted octanol–water partition coefficient (Wildman–Crippen LogP) is 2.13. The van der Waals surface area contributed by atoms with E-state index >= 15 is 0 Å². The molecular weight excluding hydrogens is 279 g/mol. The van der Waals surface area contributed by atoms with E-state index in [0.717, 1.165) is 11.3 Å². The van der Waals surface area contributed by atoms with Crippen LogP contribution in [-0.4, -0.2) is 35.3 Å². The number of carbonyl (C=O) groups excluding carboxylic acids is 1. The molecule has 112 valence electrons. The average Bonchev–Trinajstić information content (AvgIpc) is 2.42. The number of urea groups is 1. The molecule has 0 fully saturated rings. The average molecular weight is 300 g/mol. The van der Waals surface area contributed by atoms with Crippen LogP contribution in [0.3, 0.4) is 0 Å². The van der Waals surface area contributed by atoms with Crippen LogP contribution >= 0.6 is 11.8 Å². The number of aliphatic hydroxyl groups is 1. The van der Waals surface area contributed by atoms with Crippen LogP contribution in [0.2, 0.25) is 0 Å². The monoisotopic (exact) mass is 300 g/mol. The quantitative estimate of drug-likeness (QED) is 0.723. The highest BCUT2D eigenvalue weighted by atomic mass is 32.2. The highest BCUT2D eigenvalue weighted by Gasteiger charge is 2.20. The van der Waals surface area contributed by atoms with Gasteiger partial charge < -0.3 is 15.7 Å². The zero-order valence-corrected chi connectivity index (χ0v) is 12.6. The fourth-order valence-corrected chi connectivity index (χ4v) is 2.17. The summed E-state index contributed by atoms with van der Waals surface area (Å²) in [5, 5.41) is 15.3. The number of thioether (sulfide) groups is 1. The maximum Gasteiger partial charge on any atom is 0.315 e. The van der Waals surface area contributed by atoms with Gasteiger partial charge >= 0.3 is 6.03 Å². The lowest BCUT2D eigenvalue weighted by molar-refractivity contribution is 0.0594. The van der Waals surface area contributed by atoms with Crippen LogP contribution in [0.15, 0.2) is 24.3 Å². The highest BCUT2D eigenvalue weighted by molar-refractivity contribution is 7.98. The first-order valence-corrected chi connectivity index (χ1v) is 7.80. The van der Waals surface area contributed by atoms with E-state index in [4.69, 9.17) is 0 Å². The van der Waals surface area contributed by atoms with E-state index in [0.29, 0.717) is 13.0 Å². The van der Waals surface area contributed by atoms with Crippen LogP contribution in [0.4, 0.5) is 9.18 Å². The normalized spacial score (nSPS) is 13.6. The number of amides is 2. The number of benzene rings is 1. The van der Waals surface area contributed by atoms with Crippen molar-refractivity contribution in [2.24, 2.45) is 0 Å². The van der Waals surface area contributed by atoms with Gasteiger partial charge in [0.15, 0.2) is 0 Å². The zero-order chi connectivity index (χ0) is 15.0. The molecule has 0 aliphatic heterocycles. The van der Waals surface area contributed by atoms with Crippen molar-refractivity contribution >= 4 is 17.8 Å². The fourth-order valence-electron chi connectivity index (χ4n) is 1.53. The first kappa shape index (κ1) is 16.8. The Morgan fingerprint density at radius 3 is 2.60 bits per heavy atom. The van der Waals surface area contributed by atoms with Crippen molar-refractivity contribution < 1.29 is 14.3 Å². The molecule has 3 N–H and O–H groups in total. The van der Waals surface area contributed by atoms with Crippen molar-refractivity contribution in [1.82, 2.24) is 10.6 Å². The van der Waals surface area contributed by atoms with Gasteiger partial charge in [-0.15, -0.1) is 0 Å². The number of hydrogen-bond acceptors (Lipinski definition) is 3. The van der Waals surface area contributed by atoms with E-state index in [9.17, 15) is 14.3 Å². The van der Waals surface area contributed by atoms with Gasteiger partial charge in [-0.25, -0.2) is 9.18 Å². The topological polar surface area (TPSA) is 61.4 Å². The van der Waals surface area contributed by atoms with Crippen LogP contribution in [0, 0.1) is 5.82 Å². The largest absolute Gasteiger partial charge is 0.388 e. The van der Waals surface area contributed by atoms with Crippen LogP contribution in [-0.2, 0) is 6.54 Å². The third kappa shape index (κ3) is 6.77. The number of hydrogen-bond donors (Lipinski definition) is 3. The summed E-state index contributed by atoms with van der Waals surface area (Å²) in [6.45, 7) is 2.21. The molecule has 0 heterocycles. The molecule has 0 radical (unpaired) electrons. The number of nitrogens with one attached hydrogen (secondary N) is 2. The number of halogens is 1. The Morgan fingerprint density at radius 1 is 1.35 bits per heavy atom. The van der Waals surface area contributed by atoms with Crippen molar-refractivity contribution in [2.45, 2.75) is 25.5 Å². The highest BCUT2D eigenvalue weighted by Crippen LogP contribution is 2.11. The van der Waals surface area contributed by atoms with Crippen LogP contribution in [0.1, 0.15) is 18.9 Å². The molecule has 1 aromatic rings. The molecule has 1 aromatic carbocycles. The first-order valence-electron chi connectivity index (χ1n) is 6.40. The summed E-state index contributed by atoms with van der Waals surface area (Å²) in [6.07, 6.45) is 2.59. The van der Waals surface area contributed by atoms with Gasteiger partial charge in [0.05, 0.1) is 5.60 Å². The number of rotatable bonds is 7. The van der Waals surface area contributed by atoms with E-state index in [1.165, 1.54) is 12.1 Å². The van der Waals surface area contributed by atoms with Gasteiger partial charge in [-0.1, -0.05) is 12.1 Å². The minimum absolute atomic E-state index is 0.197. The summed E-state index contributed by atoms with van der Waals surface area (Å²) in [7, 11) is 0. The second-order valence-electron chi connectivity index (χ2n) is 4.90. The van der Waals surface area contributed by atoms with Crippen LogP contribution in [0.5, 0.6) is 0 Å². The second-order valence-corrected chi connectivity index (χ2v) is 5.89. The van der Waals surface area contributed by atoms with Crippen molar-refractivity contribution in [2.75, 3.05) is 18.6 Å². The first-order chi connectivity index (χ1) is 9.43. The molecule has 0 aliphatic carbocycles. The molecule has 0 aliphatic rings. The minimum Gasteiger partial charge on any atom is -0.388 e. The molecule has 0 unspecified atom stereocenters. The Hall–Kier alpha value is -1.27. The standard InChI is InChI=1S/C14H21FN2O2S/c1-14(19,7-8-20-2)10-17-13(18)16-9-11-3-5-12(15)6-4-11/h3-6,19H,7-10H2,1-2H3,(H2,16,17,18)/t14-/m0/s1. The maximum atomic E-state index is 12.7. The van der Waals surface area contributed by atoms with Gasteiger partial charge in [-0.05, 0) is 43.0 Å². The lowest BCUT2D eigenvalue weighted by atomic mass is 10.0. The molecule has 0 aromatic heterocycles. The molecule has 0 spiro atoms. The SMILES string of the molecule is CSCC[C@](C)(O)CNC(=O)NCc1ccc(F)cc1. The van der Waals surface area contributed by atoms with Gasteiger partial charge in [-0.2, -0.15) is 11.8 Å². The summed E-state index contributed by atoms with van der Waals surface area (Å²) in [5.74, 6) is 0.536. The number of carbonyl (C=O) groups is 1. The second kappa shape index (κ2) is 8.11. The van der Waals surface area contributed by atoms with Crippen molar-refractivity contribution in [3.63, 3.8) is 0 Å². The van der Waals surface area contributed by atoms with E-state index in [2.05, 4.69) is 10.6 Å². The van der Waals surface area contributed by atoms with E-state index in [1.54, 1.807) is 30.8 Å².